The molecule has 3 rings (SSSR count). The standard InChI is InChI=1S/C25H29BrN2O4/c1-4-27(5-2)14-7-15-28-22(17-10-12-19(26)13-11-17)21(24(30)25(28)31)23(29)18-8-6-9-20(16-18)32-3/h6,8-13,16,22,29H,4-5,7,14-15H2,1-3H3/b23-21+. The highest BCUT2D eigenvalue weighted by molar-refractivity contribution is 9.10. The summed E-state index contributed by atoms with van der Waals surface area (Å²) in [5.74, 6) is -1.25. The Kier molecular flexibility index (Phi) is 8.10. The maximum absolute atomic E-state index is 13.4. The number of Topliss-reactive ketones (excluding diaryl/α,β-unsaturated/α-hetero) is 1. The van der Waals surface area contributed by atoms with Gasteiger partial charge in [0, 0.05) is 23.0 Å². The summed E-state index contributed by atoms with van der Waals surface area (Å²) < 4.78 is 6.11. The number of ketones is 1. The monoisotopic (exact) mass is 500 g/mol. The minimum absolute atomic E-state index is 0.000705. The van der Waals surface area contributed by atoms with Crippen LogP contribution in [0.25, 0.3) is 5.76 Å². The van der Waals surface area contributed by atoms with Gasteiger partial charge in [-0.1, -0.05) is 46.0 Å². The first kappa shape index (κ1) is 24.0. The Morgan fingerprint density at radius 1 is 1.12 bits per heavy atom. The highest BCUT2D eigenvalue weighted by Gasteiger charge is 2.43. The molecule has 0 spiro atoms. The van der Waals surface area contributed by atoms with Crippen molar-refractivity contribution in [1.29, 1.82) is 0 Å². The van der Waals surface area contributed by atoms with Crippen molar-refractivity contribution in [2.75, 3.05) is 33.3 Å². The number of ether oxygens (including phenoxy) is 1. The molecule has 0 aliphatic carbocycles. The first-order valence-electron chi connectivity index (χ1n) is 10.9. The van der Waals surface area contributed by atoms with E-state index < -0.39 is 23.5 Å². The molecular formula is C25H29BrN2O4. The zero-order valence-electron chi connectivity index (χ0n) is 18.7. The molecule has 1 fully saturated rings. The topological polar surface area (TPSA) is 74.1 Å². The van der Waals surface area contributed by atoms with Crippen LogP contribution in [0.3, 0.4) is 0 Å². The molecule has 2 aromatic carbocycles. The van der Waals surface area contributed by atoms with E-state index >= 15 is 0 Å². The van der Waals surface area contributed by atoms with Gasteiger partial charge in [-0.3, -0.25) is 9.59 Å². The molecule has 0 bridgehead atoms. The third-order valence-corrected chi connectivity index (χ3v) is 6.51. The van der Waals surface area contributed by atoms with Crippen molar-refractivity contribution < 1.29 is 24.3 Å². The van der Waals surface area contributed by atoms with Crippen molar-refractivity contribution in [3.8, 4) is 5.75 Å². The highest BCUT2D eigenvalue weighted by atomic mass is 79.9. The first-order valence-corrected chi connectivity index (χ1v) is 11.7. The van der Waals surface area contributed by atoms with E-state index in [1.54, 1.807) is 29.2 Å². The van der Waals surface area contributed by atoms with Gasteiger partial charge in [0.05, 0.1) is 32.8 Å². The van der Waals surface area contributed by atoms with Gasteiger partial charge in [-0.05, 0) is 49.2 Å². The summed E-state index contributed by atoms with van der Waals surface area (Å²) in [5.41, 5.74) is 1.08. The zero-order chi connectivity index (χ0) is 23.3. The number of carbonyl (C=O) groups is 2. The Labute approximate surface area is 197 Å². The molecular weight excluding hydrogens is 472 g/mol. The van der Waals surface area contributed by atoms with E-state index in [1.807, 2.05) is 24.3 Å². The second-order valence-electron chi connectivity index (χ2n) is 7.82. The molecule has 1 saturated heterocycles. The number of nitrogens with zero attached hydrogens (tertiary/aromatic N) is 1. The fraction of sp³-hybridized carbons (Fsp3) is 0.360. The summed E-state index contributed by atoms with van der Waals surface area (Å²) in [6, 6.07) is 13.4. The lowest BCUT2D eigenvalue weighted by Crippen LogP contribution is -3.11. The number of hydrogen-bond acceptors (Lipinski definition) is 4. The van der Waals surface area contributed by atoms with Crippen molar-refractivity contribution in [3.63, 3.8) is 0 Å². The lowest BCUT2D eigenvalue weighted by molar-refractivity contribution is -0.896. The van der Waals surface area contributed by atoms with Crippen LogP contribution >= 0.6 is 15.9 Å². The van der Waals surface area contributed by atoms with Crippen molar-refractivity contribution in [3.05, 3.63) is 69.7 Å². The summed E-state index contributed by atoms with van der Waals surface area (Å²) in [6.45, 7) is 7.59. The van der Waals surface area contributed by atoms with Crippen LogP contribution in [0.1, 0.15) is 37.4 Å². The predicted octanol–water partition coefficient (Wildman–Crippen LogP) is 2.00. The Hall–Kier alpha value is -2.64. The number of benzene rings is 2. The van der Waals surface area contributed by atoms with Crippen LogP contribution in [-0.4, -0.2) is 49.9 Å². The summed E-state index contributed by atoms with van der Waals surface area (Å²) in [5, 5.41) is 13.4. The number of rotatable bonds is 9. The lowest BCUT2D eigenvalue weighted by atomic mass is 9.95. The Morgan fingerprint density at radius 3 is 2.44 bits per heavy atom. The Morgan fingerprint density at radius 2 is 1.81 bits per heavy atom. The SMILES string of the molecule is CC[NH+](CC)CCCN1C(=O)C(=O)/C(=C(/[O-])c2cccc(OC)c2)C1c1ccc(Br)cc1. The molecule has 1 heterocycles. The number of halogens is 1. The van der Waals surface area contributed by atoms with Gasteiger partial charge >= 0.3 is 0 Å². The van der Waals surface area contributed by atoms with Gasteiger partial charge in [-0.2, -0.15) is 0 Å². The maximum atomic E-state index is 13.4. The fourth-order valence-electron chi connectivity index (χ4n) is 4.12. The predicted molar refractivity (Wildman–Crippen MR) is 125 cm³/mol. The van der Waals surface area contributed by atoms with E-state index in [2.05, 4.69) is 29.8 Å². The van der Waals surface area contributed by atoms with Crippen LogP contribution in [-0.2, 0) is 9.59 Å². The normalized spacial score (nSPS) is 17.9. The van der Waals surface area contributed by atoms with Crippen LogP contribution in [0.4, 0.5) is 0 Å². The van der Waals surface area contributed by atoms with E-state index in [4.69, 9.17) is 4.74 Å². The van der Waals surface area contributed by atoms with Crippen LogP contribution < -0.4 is 14.7 Å². The van der Waals surface area contributed by atoms with E-state index in [0.717, 1.165) is 36.1 Å². The smallest absolute Gasteiger partial charge is 0.295 e. The van der Waals surface area contributed by atoms with Gasteiger partial charge in [-0.15, -0.1) is 0 Å². The molecule has 1 amide bonds. The molecule has 1 aliphatic heterocycles. The number of hydrogen-bond donors (Lipinski definition) is 1. The quantitative estimate of drug-likeness (QED) is 0.324. The molecule has 1 aliphatic rings. The molecule has 1 N–H and O–H groups in total. The van der Waals surface area contributed by atoms with Gasteiger partial charge in [0.25, 0.3) is 5.91 Å². The molecule has 1 unspecified atom stereocenters. The van der Waals surface area contributed by atoms with E-state index in [-0.39, 0.29) is 5.57 Å². The van der Waals surface area contributed by atoms with Crippen LogP contribution in [0, 0.1) is 0 Å². The van der Waals surface area contributed by atoms with Crippen molar-refractivity contribution in [1.82, 2.24) is 4.90 Å². The first-order chi connectivity index (χ1) is 15.4. The van der Waals surface area contributed by atoms with Crippen LogP contribution in [0.2, 0.25) is 0 Å². The molecule has 0 radical (unpaired) electrons. The number of quaternary nitrogens is 1. The Bertz CT molecular complexity index is 999. The molecule has 7 heteroatoms. The Balaban J connectivity index is 2.03. The van der Waals surface area contributed by atoms with Crippen molar-refractivity contribution in [2.45, 2.75) is 26.3 Å². The van der Waals surface area contributed by atoms with Crippen molar-refractivity contribution in [2.24, 2.45) is 0 Å². The van der Waals surface area contributed by atoms with Gasteiger partial charge in [-0.25, -0.2) is 0 Å². The minimum Gasteiger partial charge on any atom is -0.872 e. The van der Waals surface area contributed by atoms with Gasteiger partial charge in [0.2, 0.25) is 5.78 Å². The van der Waals surface area contributed by atoms with Crippen LogP contribution in [0.5, 0.6) is 5.75 Å². The van der Waals surface area contributed by atoms with Gasteiger partial charge in [0.15, 0.2) is 0 Å². The molecule has 0 saturated carbocycles. The number of nitrogens with one attached hydrogen (secondary N) is 1. The minimum atomic E-state index is -0.721. The van der Waals surface area contributed by atoms with E-state index in [1.165, 1.54) is 12.0 Å². The average Bonchev–Trinajstić information content (AvgIpc) is 3.07. The number of amides is 1. The third-order valence-electron chi connectivity index (χ3n) is 5.98. The van der Waals surface area contributed by atoms with E-state index in [9.17, 15) is 14.7 Å². The summed E-state index contributed by atoms with van der Waals surface area (Å²) in [7, 11) is 1.52. The zero-order valence-corrected chi connectivity index (χ0v) is 20.3. The third kappa shape index (κ3) is 5.05. The number of likely N-dealkylation sites (tertiary alicyclic amines) is 1. The summed E-state index contributed by atoms with van der Waals surface area (Å²) in [6.07, 6.45) is 0.754. The lowest BCUT2D eigenvalue weighted by Gasteiger charge is -2.28. The van der Waals surface area contributed by atoms with Gasteiger partial charge < -0.3 is 19.6 Å². The average molecular weight is 501 g/mol. The molecule has 32 heavy (non-hydrogen) atoms. The summed E-state index contributed by atoms with van der Waals surface area (Å²) in [4.78, 5) is 29.0. The molecule has 2 aromatic rings. The second-order valence-corrected chi connectivity index (χ2v) is 8.73. The van der Waals surface area contributed by atoms with Crippen LogP contribution in [0.15, 0.2) is 58.6 Å². The maximum Gasteiger partial charge on any atom is 0.295 e. The molecule has 170 valence electrons. The highest BCUT2D eigenvalue weighted by Crippen LogP contribution is 2.39. The fourth-order valence-corrected chi connectivity index (χ4v) is 4.38. The molecule has 6 nitrogen and oxygen atoms in total. The summed E-state index contributed by atoms with van der Waals surface area (Å²) >= 11 is 3.43. The number of methoxy groups -OCH3 is 1. The van der Waals surface area contributed by atoms with E-state index in [0.29, 0.717) is 17.9 Å². The van der Waals surface area contributed by atoms with Crippen molar-refractivity contribution >= 4 is 33.4 Å². The molecule has 0 aromatic heterocycles. The second kappa shape index (κ2) is 10.8. The largest absolute Gasteiger partial charge is 0.872 e. The van der Waals surface area contributed by atoms with Gasteiger partial charge in [0.1, 0.15) is 5.75 Å². The molecule has 1 atom stereocenters. The number of carbonyl (C=O) groups excluding carboxylic acids is 2.